The fourth-order valence-corrected chi connectivity index (χ4v) is 4.34. The number of carbonyl (C=O) groups is 1. The highest BCUT2D eigenvalue weighted by Crippen LogP contribution is 2.35. The summed E-state index contributed by atoms with van der Waals surface area (Å²) in [5.41, 5.74) is 0.970. The number of hydrogen-bond acceptors (Lipinski definition) is 8. The molecule has 2 aromatic carbocycles. The van der Waals surface area contributed by atoms with E-state index >= 15 is 0 Å². The fourth-order valence-electron chi connectivity index (χ4n) is 4.34. The van der Waals surface area contributed by atoms with Gasteiger partial charge in [-0.25, -0.2) is 0 Å². The lowest BCUT2D eigenvalue weighted by Crippen LogP contribution is -2.33. The van der Waals surface area contributed by atoms with Crippen molar-refractivity contribution in [2.45, 2.75) is 32.5 Å². The van der Waals surface area contributed by atoms with E-state index in [1.165, 1.54) is 0 Å². The van der Waals surface area contributed by atoms with Crippen LogP contribution in [-0.4, -0.2) is 66.6 Å². The number of carbonyl (C=O) groups excluding carboxylic acids is 1. The third kappa shape index (κ3) is 5.88. The molecule has 4 rings (SSSR count). The van der Waals surface area contributed by atoms with Gasteiger partial charge in [0.05, 0.1) is 32.9 Å². The van der Waals surface area contributed by atoms with Crippen molar-refractivity contribution in [1.82, 2.24) is 25.0 Å². The predicted molar refractivity (Wildman–Crippen MR) is 134 cm³/mol. The average molecular weight is 496 g/mol. The first-order chi connectivity index (χ1) is 17.5. The number of aromatic nitrogens is 3. The van der Waals surface area contributed by atoms with E-state index in [4.69, 9.17) is 18.9 Å². The Balaban J connectivity index is 1.39. The Kier molecular flexibility index (Phi) is 8.27. The topological polar surface area (TPSA) is 100.0 Å². The molecular weight excluding hydrogens is 462 g/mol. The molecule has 1 N–H and O–H groups in total. The first-order valence-corrected chi connectivity index (χ1v) is 11.9. The highest BCUT2D eigenvalue weighted by atomic mass is 16.5. The van der Waals surface area contributed by atoms with Gasteiger partial charge in [-0.05, 0) is 19.1 Å². The number of nitrogens with zero attached hydrogens (tertiary/aromatic N) is 4. The molecule has 2 heterocycles. The highest BCUT2D eigenvalue weighted by Gasteiger charge is 2.24. The molecule has 36 heavy (non-hydrogen) atoms. The number of methoxy groups -OCH3 is 3. The summed E-state index contributed by atoms with van der Waals surface area (Å²) in [6.45, 7) is 4.81. The van der Waals surface area contributed by atoms with Gasteiger partial charge in [-0.3, -0.25) is 9.69 Å². The first-order valence-electron chi connectivity index (χ1n) is 11.9. The van der Waals surface area contributed by atoms with Gasteiger partial charge in [0.1, 0.15) is 28.8 Å². The second-order valence-corrected chi connectivity index (χ2v) is 8.55. The molecule has 0 aliphatic carbocycles. The molecule has 0 radical (unpaired) electrons. The normalized spacial score (nSPS) is 14.3. The van der Waals surface area contributed by atoms with E-state index in [2.05, 4.69) is 25.0 Å². The van der Waals surface area contributed by atoms with Gasteiger partial charge in [0, 0.05) is 44.7 Å². The van der Waals surface area contributed by atoms with Crippen LogP contribution in [0, 0.1) is 0 Å². The monoisotopic (exact) mass is 495 g/mol. The summed E-state index contributed by atoms with van der Waals surface area (Å²) in [6.07, 6.45) is 0.742. The highest BCUT2D eigenvalue weighted by molar-refractivity contribution is 5.77. The molecule has 0 fully saturated rings. The number of ether oxygens (including phenoxy) is 4. The van der Waals surface area contributed by atoms with Crippen LogP contribution in [0.3, 0.4) is 0 Å². The van der Waals surface area contributed by atoms with Crippen LogP contribution >= 0.6 is 0 Å². The van der Waals surface area contributed by atoms with E-state index in [0.717, 1.165) is 48.2 Å². The zero-order chi connectivity index (χ0) is 25.5. The lowest BCUT2D eigenvalue weighted by molar-refractivity contribution is -0.123. The largest absolute Gasteiger partial charge is 0.496 e. The standard InChI is InChI=1S/C26H33N5O5/c1-18(27-25(32)17-36-19-8-6-5-7-9-19)26-29-28-24-10-11-30(12-13-31(24)26)16-21-22(34-3)14-20(33-2)15-23(21)35-4/h5-9,14-15,18H,10-13,16-17H2,1-4H3,(H,27,32). The Labute approximate surface area is 211 Å². The Morgan fingerprint density at radius 1 is 0.972 bits per heavy atom. The Bertz CT molecular complexity index is 1140. The second-order valence-electron chi connectivity index (χ2n) is 8.55. The minimum absolute atomic E-state index is 0.0609. The minimum Gasteiger partial charge on any atom is -0.496 e. The van der Waals surface area contributed by atoms with Crippen molar-refractivity contribution >= 4 is 5.91 Å². The molecule has 192 valence electrons. The van der Waals surface area contributed by atoms with Gasteiger partial charge in [0.15, 0.2) is 12.4 Å². The quantitative estimate of drug-likeness (QED) is 0.458. The van der Waals surface area contributed by atoms with Crippen molar-refractivity contribution < 1.29 is 23.7 Å². The molecule has 1 amide bonds. The number of fused-ring (bicyclic) bond motifs is 1. The van der Waals surface area contributed by atoms with Gasteiger partial charge >= 0.3 is 0 Å². The van der Waals surface area contributed by atoms with Crippen LogP contribution in [0.5, 0.6) is 23.0 Å². The summed E-state index contributed by atoms with van der Waals surface area (Å²) >= 11 is 0. The number of para-hydroxylation sites is 1. The van der Waals surface area contributed by atoms with Crippen molar-refractivity contribution in [1.29, 1.82) is 0 Å². The first kappa shape index (κ1) is 25.3. The van der Waals surface area contributed by atoms with E-state index < -0.39 is 0 Å². The van der Waals surface area contributed by atoms with Crippen LogP contribution in [0.25, 0.3) is 0 Å². The number of hydrogen-bond donors (Lipinski definition) is 1. The van der Waals surface area contributed by atoms with E-state index in [0.29, 0.717) is 24.6 Å². The van der Waals surface area contributed by atoms with Gasteiger partial charge in [0.2, 0.25) is 0 Å². The molecule has 0 spiro atoms. The Morgan fingerprint density at radius 2 is 1.69 bits per heavy atom. The molecule has 0 saturated carbocycles. The smallest absolute Gasteiger partial charge is 0.258 e. The molecule has 10 nitrogen and oxygen atoms in total. The molecule has 1 unspecified atom stereocenters. The zero-order valence-corrected chi connectivity index (χ0v) is 21.2. The molecule has 0 bridgehead atoms. The summed E-state index contributed by atoms with van der Waals surface area (Å²) in [5.74, 6) is 4.22. The molecule has 0 saturated heterocycles. The maximum absolute atomic E-state index is 12.4. The van der Waals surface area contributed by atoms with Crippen molar-refractivity contribution in [2.24, 2.45) is 0 Å². The van der Waals surface area contributed by atoms with Gasteiger partial charge < -0.3 is 28.8 Å². The summed E-state index contributed by atoms with van der Waals surface area (Å²) in [4.78, 5) is 14.8. The average Bonchev–Trinajstić information content (AvgIpc) is 3.21. The van der Waals surface area contributed by atoms with Crippen molar-refractivity contribution in [3.05, 3.63) is 59.7 Å². The van der Waals surface area contributed by atoms with Crippen LogP contribution in [0.1, 0.15) is 30.2 Å². The van der Waals surface area contributed by atoms with E-state index in [9.17, 15) is 4.79 Å². The van der Waals surface area contributed by atoms with Gasteiger partial charge in [-0.2, -0.15) is 0 Å². The maximum Gasteiger partial charge on any atom is 0.258 e. The molecule has 1 aliphatic rings. The number of nitrogens with one attached hydrogen (secondary N) is 1. The van der Waals surface area contributed by atoms with Gasteiger partial charge in [0.25, 0.3) is 5.91 Å². The van der Waals surface area contributed by atoms with Crippen LogP contribution in [-0.2, 0) is 24.3 Å². The molecule has 1 aliphatic heterocycles. The third-order valence-corrected chi connectivity index (χ3v) is 6.22. The van der Waals surface area contributed by atoms with E-state index in [-0.39, 0.29) is 18.6 Å². The van der Waals surface area contributed by atoms with Gasteiger partial charge in [-0.15, -0.1) is 10.2 Å². The van der Waals surface area contributed by atoms with Crippen LogP contribution in [0.15, 0.2) is 42.5 Å². The number of rotatable bonds is 10. The zero-order valence-electron chi connectivity index (χ0n) is 21.2. The maximum atomic E-state index is 12.4. The lowest BCUT2D eigenvalue weighted by atomic mass is 10.1. The summed E-state index contributed by atoms with van der Waals surface area (Å²) < 4.78 is 24.3. The molecule has 3 aromatic rings. The fraction of sp³-hybridized carbons (Fsp3) is 0.423. The summed E-state index contributed by atoms with van der Waals surface area (Å²) in [7, 11) is 4.91. The molecular formula is C26H33N5O5. The number of amides is 1. The van der Waals surface area contributed by atoms with Crippen LogP contribution in [0.2, 0.25) is 0 Å². The summed E-state index contributed by atoms with van der Waals surface area (Å²) in [5, 5.41) is 11.8. The third-order valence-electron chi connectivity index (χ3n) is 6.22. The van der Waals surface area contributed by atoms with Crippen molar-refractivity contribution in [3.63, 3.8) is 0 Å². The summed E-state index contributed by atoms with van der Waals surface area (Å²) in [6, 6.07) is 12.7. The molecule has 1 atom stereocenters. The number of benzene rings is 2. The Hall–Kier alpha value is -3.79. The molecule has 1 aromatic heterocycles. The van der Waals surface area contributed by atoms with Crippen molar-refractivity contribution in [2.75, 3.05) is 41.0 Å². The Morgan fingerprint density at radius 3 is 2.36 bits per heavy atom. The van der Waals surface area contributed by atoms with Gasteiger partial charge in [-0.1, -0.05) is 18.2 Å². The van der Waals surface area contributed by atoms with Crippen LogP contribution < -0.4 is 24.3 Å². The van der Waals surface area contributed by atoms with Crippen molar-refractivity contribution in [3.8, 4) is 23.0 Å². The molecule has 10 heteroatoms. The lowest BCUT2D eigenvalue weighted by Gasteiger charge is -2.23. The second kappa shape index (κ2) is 11.8. The van der Waals surface area contributed by atoms with Crippen LogP contribution in [0.4, 0.5) is 0 Å². The van der Waals surface area contributed by atoms with E-state index in [1.807, 2.05) is 49.4 Å². The SMILES string of the molecule is COc1cc(OC)c(CN2CCc3nnc(C(C)NC(=O)COc4ccccc4)n3CC2)c(OC)c1. The van der Waals surface area contributed by atoms with E-state index in [1.54, 1.807) is 21.3 Å². The minimum atomic E-state index is -0.300. The predicted octanol–water partition coefficient (Wildman–Crippen LogP) is 2.62.